The highest BCUT2D eigenvalue weighted by Gasteiger charge is 2.24. The van der Waals surface area contributed by atoms with Crippen LogP contribution in [0, 0.1) is 5.92 Å². The Morgan fingerprint density at radius 2 is 2.08 bits per heavy atom. The molecule has 5 nitrogen and oxygen atoms in total. The van der Waals surface area contributed by atoms with Crippen LogP contribution in [0.5, 0.6) is 5.75 Å². The van der Waals surface area contributed by atoms with E-state index in [1.165, 1.54) is 24.8 Å². The van der Waals surface area contributed by atoms with E-state index in [9.17, 15) is 4.79 Å². The molecule has 1 aromatic rings. The number of hydrogen-bond donors (Lipinski definition) is 2. The largest absolute Gasteiger partial charge is 0.497 e. The number of hydrogen-bond acceptors (Lipinski definition) is 4. The molecule has 2 fully saturated rings. The van der Waals surface area contributed by atoms with Gasteiger partial charge in [-0.1, -0.05) is 12.1 Å². The number of benzene rings is 1. The lowest BCUT2D eigenvalue weighted by Crippen LogP contribution is -2.36. The highest BCUT2D eigenvalue weighted by molar-refractivity contribution is 5.75. The Labute approximate surface area is 151 Å². The molecule has 2 unspecified atom stereocenters. The quantitative estimate of drug-likeness (QED) is 0.759. The summed E-state index contributed by atoms with van der Waals surface area (Å²) in [6.07, 6.45) is 5.33. The van der Waals surface area contributed by atoms with Crippen LogP contribution < -0.4 is 15.4 Å². The second kappa shape index (κ2) is 9.20. The molecule has 0 saturated carbocycles. The van der Waals surface area contributed by atoms with Crippen molar-refractivity contribution in [1.29, 1.82) is 0 Å². The molecule has 5 heteroatoms. The van der Waals surface area contributed by atoms with Gasteiger partial charge >= 0.3 is 0 Å². The third kappa shape index (κ3) is 5.19. The lowest BCUT2D eigenvalue weighted by atomic mass is 10.0. The van der Waals surface area contributed by atoms with E-state index in [1.807, 2.05) is 12.1 Å². The third-order valence-corrected chi connectivity index (χ3v) is 5.52. The van der Waals surface area contributed by atoms with Gasteiger partial charge in [0.05, 0.1) is 13.2 Å². The van der Waals surface area contributed by atoms with Crippen LogP contribution in [-0.2, 0) is 4.79 Å². The molecule has 0 aromatic heterocycles. The summed E-state index contributed by atoms with van der Waals surface area (Å²) in [6, 6.07) is 8.52. The van der Waals surface area contributed by atoms with Crippen molar-refractivity contribution in [2.45, 2.75) is 38.1 Å². The predicted molar refractivity (Wildman–Crippen MR) is 99.8 cm³/mol. The number of amides is 1. The van der Waals surface area contributed by atoms with Crippen LogP contribution in [0.1, 0.15) is 43.7 Å². The van der Waals surface area contributed by atoms with Crippen molar-refractivity contribution in [2.75, 3.05) is 39.8 Å². The summed E-state index contributed by atoms with van der Waals surface area (Å²) in [4.78, 5) is 14.8. The summed E-state index contributed by atoms with van der Waals surface area (Å²) >= 11 is 0. The fraction of sp³-hybridized carbons (Fsp3) is 0.650. The average Bonchev–Trinajstić information content (AvgIpc) is 3.35. The minimum atomic E-state index is 0.185. The number of nitrogens with zero attached hydrogens (tertiary/aromatic N) is 1. The molecule has 2 aliphatic heterocycles. The Balaban J connectivity index is 1.54. The standard InChI is InChI=1S/C20H31N3O2/c1-25-18-7-5-17(6-8-18)19(23-12-2-3-13-23)15-22-20(24)9-4-16-10-11-21-14-16/h5-8,16,19,21H,2-4,9-15H2,1H3,(H,22,24). The van der Waals surface area contributed by atoms with Gasteiger partial charge in [0.1, 0.15) is 5.75 Å². The van der Waals surface area contributed by atoms with Crippen molar-refractivity contribution in [3.05, 3.63) is 29.8 Å². The number of methoxy groups -OCH3 is 1. The first-order valence-corrected chi connectivity index (χ1v) is 9.61. The minimum Gasteiger partial charge on any atom is -0.497 e. The summed E-state index contributed by atoms with van der Waals surface area (Å²) < 4.78 is 5.26. The molecular weight excluding hydrogens is 314 g/mol. The molecule has 25 heavy (non-hydrogen) atoms. The second-order valence-electron chi connectivity index (χ2n) is 7.23. The van der Waals surface area contributed by atoms with Crippen molar-refractivity contribution in [2.24, 2.45) is 5.92 Å². The molecule has 2 N–H and O–H groups in total. The van der Waals surface area contributed by atoms with Gasteiger partial charge in [-0.3, -0.25) is 9.69 Å². The van der Waals surface area contributed by atoms with Gasteiger partial charge in [-0.15, -0.1) is 0 Å². The molecular formula is C20H31N3O2. The van der Waals surface area contributed by atoms with Crippen molar-refractivity contribution >= 4 is 5.91 Å². The number of ether oxygens (including phenoxy) is 1. The fourth-order valence-corrected chi connectivity index (χ4v) is 3.93. The van der Waals surface area contributed by atoms with Gasteiger partial charge in [0, 0.05) is 13.0 Å². The van der Waals surface area contributed by atoms with E-state index in [-0.39, 0.29) is 11.9 Å². The van der Waals surface area contributed by atoms with E-state index < -0.39 is 0 Å². The van der Waals surface area contributed by atoms with E-state index in [1.54, 1.807) is 7.11 Å². The maximum Gasteiger partial charge on any atom is 0.220 e. The maximum absolute atomic E-state index is 12.3. The van der Waals surface area contributed by atoms with Crippen molar-refractivity contribution in [1.82, 2.24) is 15.5 Å². The lowest BCUT2D eigenvalue weighted by Gasteiger charge is -2.28. The van der Waals surface area contributed by atoms with E-state index >= 15 is 0 Å². The van der Waals surface area contributed by atoms with E-state index in [0.29, 0.717) is 18.9 Å². The first kappa shape index (κ1) is 18.2. The van der Waals surface area contributed by atoms with Gasteiger partial charge in [0.15, 0.2) is 0 Å². The van der Waals surface area contributed by atoms with Gasteiger partial charge in [-0.2, -0.15) is 0 Å². The molecule has 2 atom stereocenters. The van der Waals surface area contributed by atoms with E-state index in [4.69, 9.17) is 4.74 Å². The third-order valence-electron chi connectivity index (χ3n) is 5.52. The zero-order valence-electron chi connectivity index (χ0n) is 15.3. The van der Waals surface area contributed by atoms with Gasteiger partial charge in [-0.05, 0) is 75.5 Å². The predicted octanol–water partition coefficient (Wildman–Crippen LogP) is 2.34. The monoisotopic (exact) mass is 345 g/mol. The summed E-state index contributed by atoms with van der Waals surface area (Å²) in [5.41, 5.74) is 1.25. The molecule has 2 aliphatic rings. The Kier molecular flexibility index (Phi) is 6.70. The molecule has 2 saturated heterocycles. The SMILES string of the molecule is COc1ccc(C(CNC(=O)CCC2CCNC2)N2CCCC2)cc1. The van der Waals surface area contributed by atoms with Gasteiger partial charge in [-0.25, -0.2) is 0 Å². The Morgan fingerprint density at radius 3 is 2.72 bits per heavy atom. The topological polar surface area (TPSA) is 53.6 Å². The second-order valence-corrected chi connectivity index (χ2v) is 7.23. The first-order valence-electron chi connectivity index (χ1n) is 9.61. The zero-order valence-corrected chi connectivity index (χ0v) is 15.3. The minimum absolute atomic E-state index is 0.185. The Morgan fingerprint density at radius 1 is 1.32 bits per heavy atom. The number of likely N-dealkylation sites (tertiary alicyclic amines) is 1. The van der Waals surface area contributed by atoms with Crippen LogP contribution in [0.25, 0.3) is 0 Å². The number of rotatable bonds is 8. The summed E-state index contributed by atoms with van der Waals surface area (Å²) in [5.74, 6) is 1.73. The van der Waals surface area contributed by atoms with Crippen molar-refractivity contribution in [3.63, 3.8) is 0 Å². The molecule has 0 bridgehead atoms. The molecule has 1 amide bonds. The smallest absolute Gasteiger partial charge is 0.220 e. The first-order chi connectivity index (χ1) is 12.3. The van der Waals surface area contributed by atoms with Crippen LogP contribution in [0.15, 0.2) is 24.3 Å². The molecule has 0 radical (unpaired) electrons. The summed E-state index contributed by atoms with van der Waals surface area (Å²) in [5, 5.41) is 6.54. The van der Waals surface area contributed by atoms with E-state index in [0.717, 1.165) is 38.3 Å². The fourth-order valence-electron chi connectivity index (χ4n) is 3.93. The highest BCUT2D eigenvalue weighted by Crippen LogP contribution is 2.26. The maximum atomic E-state index is 12.3. The molecule has 3 rings (SSSR count). The lowest BCUT2D eigenvalue weighted by molar-refractivity contribution is -0.121. The molecule has 0 aliphatic carbocycles. The van der Waals surface area contributed by atoms with Crippen LogP contribution in [0.3, 0.4) is 0 Å². The zero-order chi connectivity index (χ0) is 17.5. The highest BCUT2D eigenvalue weighted by atomic mass is 16.5. The van der Waals surface area contributed by atoms with Gasteiger partial charge < -0.3 is 15.4 Å². The van der Waals surface area contributed by atoms with Gasteiger partial charge in [0.2, 0.25) is 5.91 Å². The number of nitrogens with one attached hydrogen (secondary N) is 2. The number of carbonyl (C=O) groups is 1. The van der Waals surface area contributed by atoms with Crippen LogP contribution in [0.4, 0.5) is 0 Å². The molecule has 1 aromatic carbocycles. The Hall–Kier alpha value is -1.59. The van der Waals surface area contributed by atoms with Gasteiger partial charge in [0.25, 0.3) is 0 Å². The average molecular weight is 345 g/mol. The number of carbonyl (C=O) groups excluding carboxylic acids is 1. The summed E-state index contributed by atoms with van der Waals surface area (Å²) in [6.45, 7) is 5.07. The van der Waals surface area contributed by atoms with E-state index in [2.05, 4.69) is 27.7 Å². The normalized spacial score (nSPS) is 22.0. The molecule has 0 spiro atoms. The van der Waals surface area contributed by atoms with Crippen molar-refractivity contribution < 1.29 is 9.53 Å². The molecule has 138 valence electrons. The van der Waals surface area contributed by atoms with Crippen molar-refractivity contribution in [3.8, 4) is 5.75 Å². The van der Waals surface area contributed by atoms with Crippen LogP contribution in [0.2, 0.25) is 0 Å². The van der Waals surface area contributed by atoms with Crippen LogP contribution in [-0.4, -0.2) is 50.6 Å². The van der Waals surface area contributed by atoms with Crippen LogP contribution >= 0.6 is 0 Å². The molecule has 2 heterocycles. The summed E-state index contributed by atoms with van der Waals surface area (Å²) in [7, 11) is 1.69. The Bertz CT molecular complexity index is 534.